The van der Waals surface area contributed by atoms with Crippen molar-refractivity contribution in [3.63, 3.8) is 0 Å². The fourth-order valence-electron chi connectivity index (χ4n) is 3.15. The molecule has 1 aromatic rings. The van der Waals surface area contributed by atoms with Crippen LogP contribution in [0.25, 0.3) is 6.08 Å². The molecule has 0 bridgehead atoms. The van der Waals surface area contributed by atoms with Crippen LogP contribution in [0.15, 0.2) is 29.8 Å². The number of aliphatic hydroxyl groups excluding tert-OH is 1. The third-order valence-electron chi connectivity index (χ3n) is 4.24. The zero-order chi connectivity index (χ0) is 14.7. The Morgan fingerprint density at radius 3 is 3.10 bits per heavy atom. The molecule has 1 amide bonds. The molecule has 4 heteroatoms. The molecule has 4 nitrogen and oxygen atoms in total. The molecule has 1 atom stereocenters. The molecule has 1 saturated heterocycles. The van der Waals surface area contributed by atoms with Gasteiger partial charge in [0, 0.05) is 24.8 Å². The molecule has 2 heterocycles. The number of carbonyl (C=O) groups excluding carboxylic acids is 1. The lowest BCUT2D eigenvalue weighted by Gasteiger charge is -2.27. The largest absolute Gasteiger partial charge is 0.488 e. The lowest BCUT2D eigenvalue weighted by molar-refractivity contribution is -0.128. The van der Waals surface area contributed by atoms with E-state index in [2.05, 4.69) is 0 Å². The van der Waals surface area contributed by atoms with Crippen molar-refractivity contribution in [2.45, 2.75) is 31.7 Å². The summed E-state index contributed by atoms with van der Waals surface area (Å²) in [5.41, 5.74) is 1.70. The highest BCUT2D eigenvalue weighted by atomic mass is 16.5. The van der Waals surface area contributed by atoms with E-state index in [0.717, 1.165) is 49.1 Å². The summed E-state index contributed by atoms with van der Waals surface area (Å²) in [6, 6.07) is 8.04. The third-order valence-corrected chi connectivity index (χ3v) is 4.24. The topological polar surface area (TPSA) is 49.8 Å². The van der Waals surface area contributed by atoms with Gasteiger partial charge >= 0.3 is 0 Å². The van der Waals surface area contributed by atoms with Crippen LogP contribution in [-0.2, 0) is 4.79 Å². The number of aliphatic hydroxyl groups is 1. The van der Waals surface area contributed by atoms with Crippen molar-refractivity contribution in [3.05, 3.63) is 35.4 Å². The van der Waals surface area contributed by atoms with Gasteiger partial charge in [-0.25, -0.2) is 0 Å². The molecule has 2 aliphatic rings. The van der Waals surface area contributed by atoms with E-state index >= 15 is 0 Å². The summed E-state index contributed by atoms with van der Waals surface area (Å²) in [5, 5.41) is 8.97. The molecule has 21 heavy (non-hydrogen) atoms. The number of likely N-dealkylation sites (tertiary alicyclic amines) is 1. The summed E-state index contributed by atoms with van der Waals surface area (Å²) in [5.74, 6) is 0.928. The minimum Gasteiger partial charge on any atom is -0.488 e. The second-order valence-corrected chi connectivity index (χ2v) is 5.66. The van der Waals surface area contributed by atoms with E-state index < -0.39 is 0 Å². The first-order valence-corrected chi connectivity index (χ1v) is 7.64. The predicted molar refractivity (Wildman–Crippen MR) is 81.0 cm³/mol. The first kappa shape index (κ1) is 14.1. The molecule has 3 rings (SSSR count). The van der Waals surface area contributed by atoms with Gasteiger partial charge in [0.15, 0.2) is 0 Å². The Kier molecular flexibility index (Phi) is 4.25. The van der Waals surface area contributed by atoms with E-state index in [0.29, 0.717) is 6.61 Å². The van der Waals surface area contributed by atoms with Crippen molar-refractivity contribution in [2.75, 3.05) is 19.8 Å². The van der Waals surface area contributed by atoms with E-state index in [9.17, 15) is 4.79 Å². The number of para-hydroxylation sites is 1. The third kappa shape index (κ3) is 2.95. The predicted octanol–water partition coefficient (Wildman–Crippen LogP) is 2.23. The number of carbonyl (C=O) groups is 1. The highest BCUT2D eigenvalue weighted by Gasteiger charge is 2.31. The quantitative estimate of drug-likeness (QED) is 0.924. The Hall–Kier alpha value is -1.81. The van der Waals surface area contributed by atoms with Crippen molar-refractivity contribution >= 4 is 12.0 Å². The van der Waals surface area contributed by atoms with E-state index in [1.165, 1.54) is 0 Å². The number of amides is 1. The van der Waals surface area contributed by atoms with Crippen LogP contribution in [0.2, 0.25) is 0 Å². The van der Waals surface area contributed by atoms with Gasteiger partial charge in [0.05, 0.1) is 5.57 Å². The Bertz CT molecular complexity index is 553. The van der Waals surface area contributed by atoms with Gasteiger partial charge < -0.3 is 14.7 Å². The zero-order valence-corrected chi connectivity index (χ0v) is 12.1. The molecule has 0 aromatic heterocycles. The summed E-state index contributed by atoms with van der Waals surface area (Å²) >= 11 is 0. The zero-order valence-electron chi connectivity index (χ0n) is 12.1. The van der Waals surface area contributed by atoms with Gasteiger partial charge in [-0.05, 0) is 37.8 Å². The summed E-state index contributed by atoms with van der Waals surface area (Å²) < 4.78 is 5.68. The molecule has 1 fully saturated rings. The Morgan fingerprint density at radius 2 is 2.24 bits per heavy atom. The molecule has 1 unspecified atom stereocenters. The smallest absolute Gasteiger partial charge is 0.253 e. The van der Waals surface area contributed by atoms with Gasteiger partial charge in [0.1, 0.15) is 12.4 Å². The molecular weight excluding hydrogens is 266 g/mol. The second-order valence-electron chi connectivity index (χ2n) is 5.66. The van der Waals surface area contributed by atoms with Gasteiger partial charge in [0.2, 0.25) is 0 Å². The maximum atomic E-state index is 12.7. The molecule has 2 aliphatic heterocycles. The number of benzene rings is 1. The Balaban J connectivity index is 1.75. The standard InChI is InChI=1S/C17H21NO3/c19-10-4-7-15-6-3-9-18(15)17(20)14-11-13-5-1-2-8-16(13)21-12-14/h1-2,5,8,11,15,19H,3-4,6-7,9-10,12H2. The first-order valence-electron chi connectivity index (χ1n) is 7.64. The fourth-order valence-corrected chi connectivity index (χ4v) is 3.15. The molecule has 0 radical (unpaired) electrons. The molecule has 1 aromatic carbocycles. The van der Waals surface area contributed by atoms with E-state index in [1.54, 1.807) is 0 Å². The minimum atomic E-state index is 0.0879. The Labute approximate surface area is 125 Å². The summed E-state index contributed by atoms with van der Waals surface area (Å²) in [6.45, 7) is 1.35. The van der Waals surface area contributed by atoms with E-state index in [1.807, 2.05) is 35.2 Å². The number of hydrogen-bond donors (Lipinski definition) is 1. The number of fused-ring (bicyclic) bond motifs is 1. The average Bonchev–Trinajstić information content (AvgIpc) is 3.00. The molecule has 0 aliphatic carbocycles. The minimum absolute atomic E-state index is 0.0879. The normalized spacial score (nSPS) is 20.7. The van der Waals surface area contributed by atoms with Gasteiger partial charge in [-0.1, -0.05) is 18.2 Å². The van der Waals surface area contributed by atoms with E-state index in [4.69, 9.17) is 9.84 Å². The van der Waals surface area contributed by atoms with Gasteiger partial charge in [-0.2, -0.15) is 0 Å². The van der Waals surface area contributed by atoms with Crippen molar-refractivity contribution in [3.8, 4) is 5.75 Å². The van der Waals surface area contributed by atoms with Gasteiger partial charge in [0.25, 0.3) is 5.91 Å². The second kappa shape index (κ2) is 6.31. The maximum Gasteiger partial charge on any atom is 0.253 e. The average molecular weight is 287 g/mol. The van der Waals surface area contributed by atoms with E-state index in [-0.39, 0.29) is 18.6 Å². The number of nitrogens with zero attached hydrogens (tertiary/aromatic N) is 1. The van der Waals surface area contributed by atoms with Gasteiger partial charge in [-0.3, -0.25) is 4.79 Å². The summed E-state index contributed by atoms with van der Waals surface area (Å²) in [6.07, 6.45) is 5.67. The van der Waals surface area contributed by atoms with Crippen molar-refractivity contribution in [2.24, 2.45) is 0 Å². The lowest BCUT2D eigenvalue weighted by Crippen LogP contribution is -2.38. The summed E-state index contributed by atoms with van der Waals surface area (Å²) in [7, 11) is 0. The summed E-state index contributed by atoms with van der Waals surface area (Å²) in [4.78, 5) is 14.7. The SMILES string of the molecule is O=C(C1=Cc2ccccc2OC1)N1CCCC1CCCO. The van der Waals surface area contributed by atoms with Crippen LogP contribution in [-0.4, -0.2) is 41.7 Å². The van der Waals surface area contributed by atoms with Gasteiger partial charge in [-0.15, -0.1) is 0 Å². The molecule has 0 saturated carbocycles. The first-order chi connectivity index (χ1) is 10.3. The van der Waals surface area contributed by atoms with Crippen LogP contribution in [0, 0.1) is 0 Å². The van der Waals surface area contributed by atoms with Crippen LogP contribution in [0.4, 0.5) is 0 Å². The number of ether oxygens (including phenoxy) is 1. The van der Waals surface area contributed by atoms with Crippen LogP contribution < -0.4 is 4.74 Å². The monoisotopic (exact) mass is 287 g/mol. The molecule has 112 valence electrons. The molecule has 0 spiro atoms. The van der Waals surface area contributed by atoms with Crippen LogP contribution >= 0.6 is 0 Å². The Morgan fingerprint density at radius 1 is 1.38 bits per heavy atom. The lowest BCUT2D eigenvalue weighted by atomic mass is 10.1. The highest BCUT2D eigenvalue weighted by Crippen LogP contribution is 2.29. The highest BCUT2D eigenvalue weighted by molar-refractivity contribution is 5.99. The fraction of sp³-hybridized carbons (Fsp3) is 0.471. The maximum absolute atomic E-state index is 12.7. The molecule has 1 N–H and O–H groups in total. The van der Waals surface area contributed by atoms with Crippen LogP contribution in [0.1, 0.15) is 31.2 Å². The van der Waals surface area contributed by atoms with Crippen LogP contribution in [0.3, 0.4) is 0 Å². The van der Waals surface area contributed by atoms with Crippen LogP contribution in [0.5, 0.6) is 5.75 Å². The van der Waals surface area contributed by atoms with Crippen molar-refractivity contribution in [1.29, 1.82) is 0 Å². The molecular formula is C17H21NO3. The number of hydrogen-bond acceptors (Lipinski definition) is 3. The van der Waals surface area contributed by atoms with Crippen molar-refractivity contribution < 1.29 is 14.6 Å². The van der Waals surface area contributed by atoms with Crippen molar-refractivity contribution in [1.82, 2.24) is 4.90 Å². The number of rotatable bonds is 4.